The van der Waals surface area contributed by atoms with Crippen molar-refractivity contribution in [2.45, 2.75) is 27.7 Å². The molecule has 7 heteroatoms. The molecule has 6 nitrogen and oxygen atoms in total. The molecular formula is C21H34N2O4S. The minimum absolute atomic E-state index is 0.329. The maximum atomic E-state index is 9.23. The van der Waals surface area contributed by atoms with Crippen molar-refractivity contribution in [2.24, 2.45) is 0 Å². The standard InChI is InChI=1S/C8H10O.C7H8O.C2H4N2O2.C2H6S.C2H6/c1-2-9-8-6-4-3-5-7-8;1-6-2-4-7(8)5-3-6;5-1-3-4-2-6;1-3-2;1-2/h3-7H,2H2,1H3;2-5,8H,1H3;1-2H,(H,3,5)(H,4,6);1-2H3;1-2H3. The Labute approximate surface area is 173 Å². The summed E-state index contributed by atoms with van der Waals surface area (Å²) in [4.78, 5) is 18.5. The Bertz CT molecular complexity index is 523. The lowest BCUT2D eigenvalue weighted by atomic mass is 10.2. The number of carbonyl (C=O) groups excluding carboxylic acids is 2. The summed E-state index contributed by atoms with van der Waals surface area (Å²) in [6.07, 6.45) is 4.82. The molecule has 0 saturated carbocycles. The zero-order valence-corrected chi connectivity index (χ0v) is 18.5. The quantitative estimate of drug-likeness (QED) is 0.391. The number of thioether (sulfide) groups is 1. The van der Waals surface area contributed by atoms with E-state index in [0.717, 1.165) is 12.4 Å². The highest BCUT2D eigenvalue weighted by Crippen LogP contribution is 2.07. The fourth-order valence-corrected chi connectivity index (χ4v) is 1.30. The molecule has 0 radical (unpaired) electrons. The van der Waals surface area contributed by atoms with E-state index in [1.165, 1.54) is 5.56 Å². The molecule has 0 atom stereocenters. The topological polar surface area (TPSA) is 87.7 Å². The van der Waals surface area contributed by atoms with E-state index < -0.39 is 0 Å². The molecule has 0 heterocycles. The lowest BCUT2D eigenvalue weighted by Gasteiger charge is -1.99. The van der Waals surface area contributed by atoms with Crippen molar-refractivity contribution in [3.8, 4) is 11.5 Å². The minimum Gasteiger partial charge on any atom is -0.508 e. The average Bonchev–Trinajstić information content (AvgIpc) is 2.73. The molecule has 0 aromatic heterocycles. The Kier molecular flexibility index (Phi) is 28.5. The van der Waals surface area contributed by atoms with E-state index in [0.29, 0.717) is 18.6 Å². The Morgan fingerprint density at radius 2 is 1.36 bits per heavy atom. The maximum Gasteiger partial charge on any atom is 0.225 e. The summed E-state index contributed by atoms with van der Waals surface area (Å²) in [5, 5.41) is 8.76. The van der Waals surface area contributed by atoms with Crippen LogP contribution in [0.2, 0.25) is 0 Å². The number of hydrogen-bond donors (Lipinski definition) is 3. The number of nitrogens with one attached hydrogen (secondary N) is 2. The van der Waals surface area contributed by atoms with Gasteiger partial charge < -0.3 is 9.84 Å². The van der Waals surface area contributed by atoms with Crippen LogP contribution in [0, 0.1) is 6.92 Å². The van der Waals surface area contributed by atoms with E-state index in [9.17, 15) is 9.59 Å². The van der Waals surface area contributed by atoms with Crippen LogP contribution in [0.25, 0.3) is 0 Å². The van der Waals surface area contributed by atoms with E-state index in [4.69, 9.17) is 9.84 Å². The number of aryl methyl sites for hydroxylation is 1. The van der Waals surface area contributed by atoms with Crippen molar-refractivity contribution < 1.29 is 19.4 Å². The fraction of sp³-hybridized carbons (Fsp3) is 0.333. The second kappa shape index (κ2) is 26.6. The molecule has 0 unspecified atom stereocenters. The molecule has 2 rings (SSSR count). The van der Waals surface area contributed by atoms with Crippen LogP contribution in [0.3, 0.4) is 0 Å². The summed E-state index contributed by atoms with van der Waals surface area (Å²) in [5.74, 6) is 1.27. The molecule has 0 saturated heterocycles. The van der Waals surface area contributed by atoms with E-state index in [1.807, 2.05) is 93.5 Å². The molecule has 0 spiro atoms. The molecule has 0 aliphatic carbocycles. The number of hydrazine groups is 1. The van der Waals surface area contributed by atoms with Crippen LogP contribution in [0.4, 0.5) is 0 Å². The normalized spacial score (nSPS) is 7.64. The van der Waals surface area contributed by atoms with Crippen LogP contribution in [0.5, 0.6) is 11.5 Å². The van der Waals surface area contributed by atoms with Gasteiger partial charge in [-0.15, -0.1) is 0 Å². The molecule has 2 amide bonds. The number of phenols is 1. The first-order valence-corrected chi connectivity index (χ1v) is 10.4. The Hall–Kier alpha value is -2.67. The highest BCUT2D eigenvalue weighted by molar-refractivity contribution is 7.97. The highest BCUT2D eigenvalue weighted by Gasteiger charge is 1.84. The molecule has 0 aliphatic heterocycles. The van der Waals surface area contributed by atoms with Crippen molar-refractivity contribution in [3.05, 3.63) is 60.2 Å². The first-order chi connectivity index (χ1) is 13.5. The zero-order chi connectivity index (χ0) is 22.0. The van der Waals surface area contributed by atoms with Gasteiger partial charge in [-0.25, -0.2) is 0 Å². The average molecular weight is 411 g/mol. The molecule has 0 fully saturated rings. The van der Waals surface area contributed by atoms with Gasteiger partial charge >= 0.3 is 0 Å². The Balaban J connectivity index is -0.000000305. The molecule has 158 valence electrons. The van der Waals surface area contributed by atoms with Gasteiger partial charge in [-0.05, 0) is 50.6 Å². The van der Waals surface area contributed by atoms with Gasteiger partial charge in [0.2, 0.25) is 12.8 Å². The molecular weight excluding hydrogens is 376 g/mol. The number of hydrogen-bond acceptors (Lipinski definition) is 5. The van der Waals surface area contributed by atoms with Crippen LogP contribution in [0.1, 0.15) is 26.3 Å². The molecule has 2 aromatic rings. The zero-order valence-electron chi connectivity index (χ0n) is 17.6. The summed E-state index contributed by atoms with van der Waals surface area (Å²) in [6, 6.07) is 16.9. The molecule has 0 bridgehead atoms. The summed E-state index contributed by atoms with van der Waals surface area (Å²) in [7, 11) is 0. The first-order valence-electron chi connectivity index (χ1n) is 8.77. The number of benzene rings is 2. The summed E-state index contributed by atoms with van der Waals surface area (Å²) >= 11 is 1.75. The highest BCUT2D eigenvalue weighted by atomic mass is 32.2. The van der Waals surface area contributed by atoms with Gasteiger partial charge in [0.25, 0.3) is 0 Å². The summed E-state index contributed by atoms with van der Waals surface area (Å²) in [6.45, 7) is 8.70. The van der Waals surface area contributed by atoms with E-state index in [1.54, 1.807) is 23.9 Å². The van der Waals surface area contributed by atoms with Crippen LogP contribution < -0.4 is 15.6 Å². The fourth-order valence-electron chi connectivity index (χ4n) is 1.30. The molecule has 3 N–H and O–H groups in total. The van der Waals surface area contributed by atoms with Gasteiger partial charge in [-0.1, -0.05) is 49.7 Å². The Morgan fingerprint density at radius 3 is 1.68 bits per heavy atom. The van der Waals surface area contributed by atoms with Gasteiger partial charge in [0.15, 0.2) is 0 Å². The smallest absolute Gasteiger partial charge is 0.225 e. The van der Waals surface area contributed by atoms with Gasteiger partial charge in [0.05, 0.1) is 6.61 Å². The van der Waals surface area contributed by atoms with Crippen molar-refractivity contribution >= 4 is 24.6 Å². The SMILES string of the molecule is CC.CCOc1ccccc1.CSC.Cc1ccc(O)cc1.O=CNNC=O. The number of amides is 2. The van der Waals surface area contributed by atoms with Gasteiger partial charge in [0.1, 0.15) is 11.5 Å². The first kappa shape index (κ1) is 30.1. The van der Waals surface area contributed by atoms with Crippen LogP contribution >= 0.6 is 11.8 Å². The van der Waals surface area contributed by atoms with Crippen LogP contribution in [0.15, 0.2) is 54.6 Å². The third-order valence-electron chi connectivity index (χ3n) is 2.29. The van der Waals surface area contributed by atoms with Crippen LogP contribution in [-0.4, -0.2) is 37.0 Å². The second-order valence-electron chi connectivity index (χ2n) is 4.51. The van der Waals surface area contributed by atoms with E-state index in [-0.39, 0.29) is 0 Å². The van der Waals surface area contributed by atoms with Gasteiger partial charge in [-0.3, -0.25) is 20.4 Å². The summed E-state index contributed by atoms with van der Waals surface area (Å²) < 4.78 is 5.21. The number of rotatable bonds is 5. The van der Waals surface area contributed by atoms with Gasteiger partial charge in [-0.2, -0.15) is 11.8 Å². The lowest BCUT2D eigenvalue weighted by molar-refractivity contribution is -0.116. The monoisotopic (exact) mass is 410 g/mol. The number of aromatic hydroxyl groups is 1. The predicted octanol–water partition coefficient (Wildman–Crippen LogP) is 4.18. The predicted molar refractivity (Wildman–Crippen MR) is 120 cm³/mol. The largest absolute Gasteiger partial charge is 0.508 e. The molecule has 2 aromatic carbocycles. The number of ether oxygens (including phenoxy) is 1. The summed E-state index contributed by atoms with van der Waals surface area (Å²) in [5.41, 5.74) is 4.97. The van der Waals surface area contributed by atoms with Crippen molar-refractivity contribution in [3.63, 3.8) is 0 Å². The van der Waals surface area contributed by atoms with E-state index in [2.05, 4.69) is 0 Å². The lowest BCUT2D eigenvalue weighted by Crippen LogP contribution is -2.28. The maximum absolute atomic E-state index is 9.23. The van der Waals surface area contributed by atoms with Crippen molar-refractivity contribution in [1.82, 2.24) is 10.9 Å². The minimum atomic E-state index is 0.329. The second-order valence-corrected chi connectivity index (χ2v) is 5.33. The number of phenolic OH excluding ortho intramolecular Hbond substituents is 1. The molecule has 28 heavy (non-hydrogen) atoms. The Morgan fingerprint density at radius 1 is 0.929 bits per heavy atom. The number of para-hydroxylation sites is 1. The van der Waals surface area contributed by atoms with Crippen molar-refractivity contribution in [1.29, 1.82) is 0 Å². The third kappa shape index (κ3) is 25.6. The van der Waals surface area contributed by atoms with Crippen molar-refractivity contribution in [2.75, 3.05) is 19.1 Å². The number of carbonyl (C=O) groups is 2. The molecule has 0 aliphatic rings. The third-order valence-corrected chi connectivity index (χ3v) is 2.29. The van der Waals surface area contributed by atoms with Crippen LogP contribution in [-0.2, 0) is 9.59 Å². The van der Waals surface area contributed by atoms with Gasteiger partial charge in [0, 0.05) is 0 Å². The van der Waals surface area contributed by atoms with E-state index >= 15 is 0 Å².